The molecule has 0 spiro atoms. The third kappa shape index (κ3) is 3.24. The minimum atomic E-state index is -0.389. The summed E-state index contributed by atoms with van der Waals surface area (Å²) in [5.74, 6) is 1.62. The van der Waals surface area contributed by atoms with Crippen LogP contribution in [0.15, 0.2) is 18.2 Å². The van der Waals surface area contributed by atoms with Gasteiger partial charge in [-0.3, -0.25) is 9.59 Å². The summed E-state index contributed by atoms with van der Waals surface area (Å²) >= 11 is 0. The Hall–Kier alpha value is -2.24. The summed E-state index contributed by atoms with van der Waals surface area (Å²) in [6, 6.07) is 3.76. The maximum atomic E-state index is 12.8. The van der Waals surface area contributed by atoms with Gasteiger partial charge in [0.05, 0.1) is 0 Å². The van der Waals surface area contributed by atoms with Crippen LogP contribution in [0.1, 0.15) is 48.9 Å². The van der Waals surface area contributed by atoms with E-state index in [0.29, 0.717) is 13.1 Å². The normalized spacial score (nSPS) is 31.6. The third-order valence-electron chi connectivity index (χ3n) is 6.38. The van der Waals surface area contributed by atoms with E-state index in [1.165, 1.54) is 37.5 Å². The lowest BCUT2D eigenvalue weighted by Crippen LogP contribution is -2.54. The summed E-state index contributed by atoms with van der Waals surface area (Å²) in [7, 11) is 0. The van der Waals surface area contributed by atoms with Crippen molar-refractivity contribution in [3.63, 3.8) is 0 Å². The first-order valence-electron chi connectivity index (χ1n) is 9.53. The molecule has 0 aliphatic heterocycles. The van der Waals surface area contributed by atoms with Crippen molar-refractivity contribution in [1.29, 1.82) is 0 Å². The number of aromatic hydroxyl groups is 2. The summed E-state index contributed by atoms with van der Waals surface area (Å²) in [5.41, 5.74) is 0.0189. The molecule has 1 aromatic rings. The van der Waals surface area contributed by atoms with Gasteiger partial charge in [0, 0.05) is 30.1 Å². The number of carbonyl (C=O) groups is 2. The van der Waals surface area contributed by atoms with Gasteiger partial charge >= 0.3 is 0 Å². The van der Waals surface area contributed by atoms with Crippen LogP contribution in [0.4, 0.5) is 0 Å². The fraction of sp³-hybridized carbons (Fsp3) is 0.600. The van der Waals surface area contributed by atoms with E-state index in [0.717, 1.165) is 37.0 Å². The zero-order valence-corrected chi connectivity index (χ0v) is 14.8. The Morgan fingerprint density at radius 2 is 1.38 bits per heavy atom. The molecule has 4 aliphatic rings. The van der Waals surface area contributed by atoms with Crippen molar-refractivity contribution in [2.75, 3.05) is 13.1 Å². The van der Waals surface area contributed by atoms with Crippen molar-refractivity contribution in [3.8, 4) is 11.5 Å². The van der Waals surface area contributed by atoms with Gasteiger partial charge < -0.3 is 20.8 Å². The van der Waals surface area contributed by atoms with E-state index >= 15 is 0 Å². The van der Waals surface area contributed by atoms with E-state index < -0.39 is 0 Å². The van der Waals surface area contributed by atoms with Crippen LogP contribution >= 0.6 is 0 Å². The van der Waals surface area contributed by atoms with Crippen LogP contribution in [0.3, 0.4) is 0 Å². The molecular formula is C20H26N2O4. The Balaban J connectivity index is 1.27. The number of hydrogen-bond donors (Lipinski definition) is 4. The summed E-state index contributed by atoms with van der Waals surface area (Å²) < 4.78 is 0. The first-order valence-corrected chi connectivity index (χ1v) is 9.53. The second-order valence-electron chi connectivity index (χ2n) is 8.45. The van der Waals surface area contributed by atoms with Gasteiger partial charge in [0.2, 0.25) is 5.91 Å². The molecule has 0 saturated heterocycles. The highest BCUT2D eigenvalue weighted by atomic mass is 16.3. The smallest absolute Gasteiger partial charge is 0.251 e. The van der Waals surface area contributed by atoms with E-state index in [4.69, 9.17) is 0 Å². The molecule has 140 valence electrons. The fourth-order valence-electron chi connectivity index (χ4n) is 5.76. The Labute approximate surface area is 153 Å². The largest absolute Gasteiger partial charge is 0.508 e. The lowest BCUT2D eigenvalue weighted by molar-refractivity contribution is -0.146. The molecule has 5 rings (SSSR count). The van der Waals surface area contributed by atoms with Crippen LogP contribution in [0.5, 0.6) is 11.5 Å². The molecule has 0 aromatic heterocycles. The summed E-state index contributed by atoms with van der Waals surface area (Å²) in [5, 5.41) is 24.6. The van der Waals surface area contributed by atoms with Crippen molar-refractivity contribution in [1.82, 2.24) is 10.6 Å². The number of phenolic OH excluding ortho intramolecular Hbond substituents is 2. The number of benzene rings is 1. The SMILES string of the molecule is O=C(NCCNC(=O)C12CC3CC(CC(C3)C1)C2)c1cc(O)cc(O)c1. The number of hydrogen-bond acceptors (Lipinski definition) is 4. The quantitative estimate of drug-likeness (QED) is 0.606. The van der Waals surface area contributed by atoms with Crippen LogP contribution in [0.2, 0.25) is 0 Å². The molecule has 0 heterocycles. The molecule has 4 N–H and O–H groups in total. The van der Waals surface area contributed by atoms with Gasteiger partial charge in [-0.2, -0.15) is 0 Å². The van der Waals surface area contributed by atoms with E-state index in [2.05, 4.69) is 10.6 Å². The molecule has 4 aliphatic carbocycles. The van der Waals surface area contributed by atoms with Gasteiger partial charge in [-0.15, -0.1) is 0 Å². The highest BCUT2D eigenvalue weighted by Crippen LogP contribution is 2.60. The zero-order valence-electron chi connectivity index (χ0n) is 14.8. The van der Waals surface area contributed by atoms with Gasteiger partial charge in [-0.25, -0.2) is 0 Å². The average Bonchev–Trinajstić information content (AvgIpc) is 2.56. The summed E-state index contributed by atoms with van der Waals surface area (Å²) in [4.78, 5) is 24.9. The Morgan fingerprint density at radius 3 is 1.92 bits per heavy atom. The first kappa shape index (κ1) is 17.2. The Kier molecular flexibility index (Phi) is 4.29. The average molecular weight is 358 g/mol. The number of amides is 2. The van der Waals surface area contributed by atoms with Crippen molar-refractivity contribution < 1.29 is 19.8 Å². The maximum Gasteiger partial charge on any atom is 0.251 e. The van der Waals surface area contributed by atoms with Crippen molar-refractivity contribution in [2.45, 2.75) is 38.5 Å². The Bertz CT molecular complexity index is 675. The molecule has 6 nitrogen and oxygen atoms in total. The molecule has 1 aromatic carbocycles. The molecule has 4 saturated carbocycles. The number of carbonyl (C=O) groups excluding carboxylic acids is 2. The summed E-state index contributed by atoms with van der Waals surface area (Å²) in [6.45, 7) is 0.699. The Morgan fingerprint density at radius 1 is 0.885 bits per heavy atom. The molecule has 0 unspecified atom stereocenters. The van der Waals surface area contributed by atoms with Crippen LogP contribution in [-0.4, -0.2) is 35.1 Å². The zero-order chi connectivity index (χ0) is 18.3. The van der Waals surface area contributed by atoms with E-state index in [-0.39, 0.29) is 34.3 Å². The maximum absolute atomic E-state index is 12.8. The van der Waals surface area contributed by atoms with Gasteiger partial charge in [0.25, 0.3) is 5.91 Å². The third-order valence-corrected chi connectivity index (χ3v) is 6.38. The van der Waals surface area contributed by atoms with E-state index in [1.54, 1.807) is 0 Å². The first-order chi connectivity index (χ1) is 12.4. The van der Waals surface area contributed by atoms with E-state index in [9.17, 15) is 19.8 Å². The predicted octanol–water partition coefficient (Wildman–Crippen LogP) is 2.16. The fourth-order valence-corrected chi connectivity index (χ4v) is 5.76. The van der Waals surface area contributed by atoms with Crippen molar-refractivity contribution in [3.05, 3.63) is 23.8 Å². The molecule has 26 heavy (non-hydrogen) atoms. The molecule has 4 bridgehead atoms. The minimum Gasteiger partial charge on any atom is -0.508 e. The predicted molar refractivity (Wildman–Crippen MR) is 95.7 cm³/mol. The minimum absolute atomic E-state index is 0.154. The highest BCUT2D eigenvalue weighted by molar-refractivity contribution is 5.95. The monoisotopic (exact) mass is 358 g/mol. The second-order valence-corrected chi connectivity index (χ2v) is 8.45. The number of nitrogens with one attached hydrogen (secondary N) is 2. The molecule has 0 radical (unpaired) electrons. The summed E-state index contributed by atoms with van der Waals surface area (Å²) in [6.07, 6.45) is 7.00. The van der Waals surface area contributed by atoms with Gasteiger partial charge in [-0.05, 0) is 68.4 Å². The standard InChI is InChI=1S/C20H26N2O4/c23-16-6-15(7-17(24)8-16)18(25)21-1-2-22-19(26)20-9-12-3-13(10-20)5-14(4-12)11-20/h6-8,12-14,23-24H,1-5,9-11H2,(H,21,25)(H,22,26). The van der Waals surface area contributed by atoms with Crippen molar-refractivity contribution in [2.24, 2.45) is 23.2 Å². The topological polar surface area (TPSA) is 98.7 Å². The molecule has 2 amide bonds. The number of rotatable bonds is 5. The van der Waals surface area contributed by atoms with Crippen LogP contribution in [-0.2, 0) is 4.79 Å². The molecule has 0 atom stereocenters. The van der Waals surface area contributed by atoms with Crippen LogP contribution in [0, 0.1) is 23.2 Å². The second kappa shape index (κ2) is 6.49. The van der Waals surface area contributed by atoms with Gasteiger partial charge in [0.15, 0.2) is 0 Å². The van der Waals surface area contributed by atoms with E-state index in [1.807, 2.05) is 0 Å². The van der Waals surface area contributed by atoms with Crippen molar-refractivity contribution >= 4 is 11.8 Å². The molecule has 6 heteroatoms. The van der Waals surface area contributed by atoms with Crippen LogP contribution < -0.4 is 10.6 Å². The van der Waals surface area contributed by atoms with Gasteiger partial charge in [-0.1, -0.05) is 0 Å². The lowest BCUT2D eigenvalue weighted by Gasteiger charge is -2.55. The lowest BCUT2D eigenvalue weighted by atomic mass is 9.49. The van der Waals surface area contributed by atoms with Gasteiger partial charge in [0.1, 0.15) is 11.5 Å². The number of phenols is 2. The highest BCUT2D eigenvalue weighted by Gasteiger charge is 2.54. The molecular weight excluding hydrogens is 332 g/mol. The van der Waals surface area contributed by atoms with Crippen LogP contribution in [0.25, 0.3) is 0 Å². The molecule has 4 fully saturated rings.